The summed E-state index contributed by atoms with van der Waals surface area (Å²) in [5, 5.41) is 18.4. The van der Waals surface area contributed by atoms with E-state index in [9.17, 15) is 9.59 Å². The van der Waals surface area contributed by atoms with Crippen LogP contribution in [0.2, 0.25) is 0 Å². The van der Waals surface area contributed by atoms with Crippen LogP contribution in [0.3, 0.4) is 0 Å². The lowest BCUT2D eigenvalue weighted by molar-refractivity contribution is -0.118. The fourth-order valence-corrected chi connectivity index (χ4v) is 7.07. The molecule has 8 rings (SSSR count). The fourth-order valence-electron chi connectivity index (χ4n) is 7.07. The summed E-state index contributed by atoms with van der Waals surface area (Å²) in [4.78, 5) is 37.4. The van der Waals surface area contributed by atoms with Gasteiger partial charge in [0.1, 0.15) is 5.82 Å². The second kappa shape index (κ2) is 14.9. The Morgan fingerprint density at radius 3 is 2.10 bits per heavy atom. The quantitative estimate of drug-likeness (QED) is 0.216. The molecule has 0 spiro atoms. The molecule has 6 aromatic rings. The standard InChI is InChI=1S/C21H22N4O.C19H19N5O/c1-15-11-16(2)13-17(12-15)24-7-9-25(10-8-24)21(26)19-14-22-23-20-6-4-3-5-18(19)20;1-14-5-4-8-19(21-14)24-10-9-23(13-25)12-18(24)16-11-20-22-17-7-3-2-6-15(16)17/h3-6,11-14H,7-10H2,1-2H3;2-8,11,13,18H,9-10,12H2,1H3. The number of amides is 2. The molecule has 0 radical (unpaired) electrons. The number of fused-ring (bicyclic) bond motifs is 2. The van der Waals surface area contributed by atoms with Gasteiger partial charge in [-0.15, -0.1) is 0 Å². The lowest BCUT2D eigenvalue weighted by atomic mass is 10.00. The third kappa shape index (κ3) is 7.33. The van der Waals surface area contributed by atoms with Gasteiger partial charge in [0, 0.05) is 73.5 Å². The largest absolute Gasteiger partial charge is 0.368 e. The summed E-state index contributed by atoms with van der Waals surface area (Å²) >= 11 is 0. The number of piperazine rings is 2. The molecule has 3 aromatic heterocycles. The highest BCUT2D eigenvalue weighted by atomic mass is 16.2. The molecule has 2 fully saturated rings. The molecule has 2 saturated heterocycles. The van der Waals surface area contributed by atoms with E-state index in [1.165, 1.54) is 16.8 Å². The molecule has 1 atom stereocenters. The highest BCUT2D eigenvalue weighted by Gasteiger charge is 2.30. The van der Waals surface area contributed by atoms with E-state index in [0.29, 0.717) is 31.7 Å². The molecule has 11 heteroatoms. The van der Waals surface area contributed by atoms with Crippen molar-refractivity contribution in [3.05, 3.63) is 125 Å². The maximum absolute atomic E-state index is 13.0. The van der Waals surface area contributed by atoms with Crippen LogP contribution < -0.4 is 9.80 Å². The van der Waals surface area contributed by atoms with Gasteiger partial charge >= 0.3 is 0 Å². The zero-order valence-electron chi connectivity index (χ0n) is 29.2. The molecule has 1 unspecified atom stereocenters. The molecule has 0 saturated carbocycles. The van der Waals surface area contributed by atoms with Crippen LogP contribution in [0.5, 0.6) is 0 Å². The first-order valence-corrected chi connectivity index (χ1v) is 17.3. The Kier molecular flexibility index (Phi) is 9.78. The van der Waals surface area contributed by atoms with E-state index in [0.717, 1.165) is 64.9 Å². The third-order valence-corrected chi connectivity index (χ3v) is 9.58. The monoisotopic (exact) mass is 679 g/mol. The van der Waals surface area contributed by atoms with Crippen LogP contribution in [-0.4, -0.2) is 93.3 Å². The number of aromatic nitrogens is 5. The maximum Gasteiger partial charge on any atom is 0.256 e. The number of aryl methyl sites for hydroxylation is 3. The Morgan fingerprint density at radius 1 is 0.725 bits per heavy atom. The van der Waals surface area contributed by atoms with Crippen molar-refractivity contribution in [2.45, 2.75) is 26.8 Å². The van der Waals surface area contributed by atoms with Gasteiger partial charge in [0.15, 0.2) is 0 Å². The number of hydrogen-bond acceptors (Lipinski definition) is 9. The zero-order valence-corrected chi connectivity index (χ0v) is 29.2. The highest BCUT2D eigenvalue weighted by molar-refractivity contribution is 6.05. The number of carbonyl (C=O) groups is 2. The summed E-state index contributed by atoms with van der Waals surface area (Å²) in [7, 11) is 0. The molecule has 0 aliphatic carbocycles. The normalized spacial score (nSPS) is 16.2. The van der Waals surface area contributed by atoms with E-state index in [2.05, 4.69) is 73.3 Å². The van der Waals surface area contributed by atoms with Gasteiger partial charge in [-0.3, -0.25) is 9.59 Å². The van der Waals surface area contributed by atoms with Gasteiger partial charge in [-0.1, -0.05) is 48.5 Å². The van der Waals surface area contributed by atoms with E-state index in [-0.39, 0.29) is 11.9 Å². The number of rotatable bonds is 5. The SMILES string of the molecule is Cc1cc(C)cc(N2CCN(C(=O)c3cnnc4ccccc34)CC2)c1.Cc1cccc(N2CCN(C=O)CC2c2cnnc3ccccc23)n1. The molecule has 5 heterocycles. The Balaban J connectivity index is 0.000000159. The number of carbonyl (C=O) groups excluding carboxylic acids is 2. The first-order valence-electron chi connectivity index (χ1n) is 17.3. The average molecular weight is 680 g/mol. The summed E-state index contributed by atoms with van der Waals surface area (Å²) in [5.74, 6) is 0.965. The molecule has 51 heavy (non-hydrogen) atoms. The van der Waals surface area contributed by atoms with Gasteiger partial charge < -0.3 is 19.6 Å². The summed E-state index contributed by atoms with van der Waals surface area (Å²) in [6.45, 7) is 11.4. The molecule has 258 valence electrons. The molecule has 2 aliphatic rings. The number of hydrogen-bond donors (Lipinski definition) is 0. The van der Waals surface area contributed by atoms with Crippen LogP contribution >= 0.6 is 0 Å². The second-order valence-electron chi connectivity index (χ2n) is 13.2. The predicted molar refractivity (Wildman–Crippen MR) is 200 cm³/mol. The Labute approximate surface area is 297 Å². The van der Waals surface area contributed by atoms with Gasteiger partial charge in [0.05, 0.1) is 35.0 Å². The number of pyridine rings is 1. The molecular formula is C40H41N9O2. The van der Waals surface area contributed by atoms with E-state index >= 15 is 0 Å². The minimum atomic E-state index is -0.00588. The lowest BCUT2D eigenvalue weighted by Gasteiger charge is -2.41. The van der Waals surface area contributed by atoms with Crippen molar-refractivity contribution in [1.29, 1.82) is 0 Å². The van der Waals surface area contributed by atoms with Crippen molar-refractivity contribution in [3.8, 4) is 0 Å². The van der Waals surface area contributed by atoms with Gasteiger partial charge in [-0.2, -0.15) is 20.4 Å². The Morgan fingerprint density at radius 2 is 1.39 bits per heavy atom. The summed E-state index contributed by atoms with van der Waals surface area (Å²) in [6.07, 6.45) is 4.32. The minimum absolute atomic E-state index is 0.00588. The van der Waals surface area contributed by atoms with E-state index in [4.69, 9.17) is 0 Å². The molecule has 3 aromatic carbocycles. The Bertz CT molecular complexity index is 2150. The van der Waals surface area contributed by atoms with Crippen LogP contribution in [0.4, 0.5) is 11.5 Å². The van der Waals surface area contributed by atoms with E-state index < -0.39 is 0 Å². The van der Waals surface area contributed by atoms with Crippen LogP contribution in [0, 0.1) is 20.8 Å². The summed E-state index contributed by atoms with van der Waals surface area (Å²) in [5.41, 5.74) is 8.08. The second-order valence-corrected chi connectivity index (χ2v) is 13.2. The Hall–Kier alpha value is -5.97. The van der Waals surface area contributed by atoms with Crippen molar-refractivity contribution in [2.24, 2.45) is 0 Å². The molecule has 2 amide bonds. The predicted octanol–water partition coefficient (Wildman–Crippen LogP) is 5.56. The zero-order chi connectivity index (χ0) is 35.3. The van der Waals surface area contributed by atoms with Crippen molar-refractivity contribution in [1.82, 2.24) is 35.2 Å². The fraction of sp³-hybridized carbons (Fsp3) is 0.275. The van der Waals surface area contributed by atoms with Crippen LogP contribution in [0.1, 0.15) is 38.8 Å². The smallest absolute Gasteiger partial charge is 0.256 e. The summed E-state index contributed by atoms with van der Waals surface area (Å²) in [6, 6.07) is 28.3. The van der Waals surface area contributed by atoms with Crippen LogP contribution in [-0.2, 0) is 4.79 Å². The minimum Gasteiger partial charge on any atom is -0.368 e. The molecule has 11 nitrogen and oxygen atoms in total. The maximum atomic E-state index is 13.0. The first kappa shape index (κ1) is 33.5. The third-order valence-electron chi connectivity index (χ3n) is 9.58. The lowest BCUT2D eigenvalue weighted by Crippen LogP contribution is -2.48. The van der Waals surface area contributed by atoms with Crippen molar-refractivity contribution in [3.63, 3.8) is 0 Å². The van der Waals surface area contributed by atoms with Crippen LogP contribution in [0.15, 0.2) is 97.3 Å². The van der Waals surface area contributed by atoms with E-state index in [1.54, 1.807) is 6.20 Å². The van der Waals surface area contributed by atoms with Crippen molar-refractivity contribution < 1.29 is 9.59 Å². The number of anilines is 2. The number of benzene rings is 3. The molecule has 0 N–H and O–H groups in total. The van der Waals surface area contributed by atoms with Crippen molar-refractivity contribution >= 4 is 45.6 Å². The topological polar surface area (TPSA) is 112 Å². The van der Waals surface area contributed by atoms with Crippen molar-refractivity contribution in [2.75, 3.05) is 55.6 Å². The first-order chi connectivity index (χ1) is 24.9. The molecule has 2 aliphatic heterocycles. The summed E-state index contributed by atoms with van der Waals surface area (Å²) < 4.78 is 0. The van der Waals surface area contributed by atoms with Gasteiger partial charge in [0.25, 0.3) is 5.91 Å². The van der Waals surface area contributed by atoms with Gasteiger partial charge in [-0.05, 0) is 68.3 Å². The highest BCUT2D eigenvalue weighted by Crippen LogP contribution is 2.32. The molecule has 0 bridgehead atoms. The molecular weight excluding hydrogens is 639 g/mol. The van der Waals surface area contributed by atoms with Gasteiger partial charge in [0.2, 0.25) is 6.41 Å². The number of nitrogens with zero attached hydrogens (tertiary/aromatic N) is 9. The van der Waals surface area contributed by atoms with E-state index in [1.807, 2.05) is 83.6 Å². The van der Waals surface area contributed by atoms with Gasteiger partial charge in [-0.25, -0.2) is 4.98 Å². The average Bonchev–Trinajstić information content (AvgIpc) is 3.17. The van der Waals surface area contributed by atoms with Crippen LogP contribution in [0.25, 0.3) is 21.8 Å².